The molecule has 0 aliphatic carbocycles. The highest BCUT2D eigenvalue weighted by Gasteiger charge is 2.25. The van der Waals surface area contributed by atoms with Gasteiger partial charge in [0, 0.05) is 6.54 Å². The predicted octanol–water partition coefficient (Wildman–Crippen LogP) is 1.80. The summed E-state index contributed by atoms with van der Waals surface area (Å²) in [5.41, 5.74) is 5.95. The molecule has 0 unspecified atom stereocenters. The summed E-state index contributed by atoms with van der Waals surface area (Å²) >= 11 is 0. The van der Waals surface area contributed by atoms with E-state index in [1.54, 1.807) is 4.90 Å². The van der Waals surface area contributed by atoms with Crippen LogP contribution in [0.3, 0.4) is 0 Å². The minimum absolute atomic E-state index is 0.0162. The summed E-state index contributed by atoms with van der Waals surface area (Å²) in [6.45, 7) is 8.77. The largest absolute Gasteiger partial charge is 0.468 e. The van der Waals surface area contributed by atoms with E-state index in [0.29, 0.717) is 24.8 Å². The first-order valence-electron chi connectivity index (χ1n) is 7.46. The Bertz CT molecular complexity index is 301. The maximum Gasteiger partial charge on any atom is 0.325 e. The normalized spacial score (nSPS) is 12.6. The molecule has 0 aliphatic rings. The number of amides is 1. The summed E-state index contributed by atoms with van der Waals surface area (Å²) in [5.74, 6) is 0.175. The highest BCUT2D eigenvalue weighted by molar-refractivity contribution is 5.85. The molecular weight excluding hydrogens is 256 g/mol. The van der Waals surface area contributed by atoms with Crippen LogP contribution in [-0.4, -0.2) is 43.0 Å². The van der Waals surface area contributed by atoms with E-state index in [1.807, 2.05) is 13.8 Å². The van der Waals surface area contributed by atoms with E-state index in [9.17, 15) is 9.59 Å². The van der Waals surface area contributed by atoms with Crippen LogP contribution >= 0.6 is 0 Å². The van der Waals surface area contributed by atoms with E-state index in [-0.39, 0.29) is 12.5 Å². The minimum atomic E-state index is -0.547. The maximum atomic E-state index is 12.4. The van der Waals surface area contributed by atoms with Crippen molar-refractivity contribution in [3.05, 3.63) is 0 Å². The van der Waals surface area contributed by atoms with Gasteiger partial charge in [0.25, 0.3) is 0 Å². The standard InChI is InChI=1S/C15H30N2O3/c1-6-12(7-2)9-17(10-14(18)20-5)15(19)13(16)8-11(3)4/h11-13H,6-10,16H2,1-5H3/t13-/m1/s1. The van der Waals surface area contributed by atoms with Crippen molar-refractivity contribution in [2.45, 2.75) is 53.0 Å². The molecule has 0 saturated carbocycles. The quantitative estimate of drug-likeness (QED) is 0.656. The fraction of sp³-hybridized carbons (Fsp3) is 0.867. The summed E-state index contributed by atoms with van der Waals surface area (Å²) in [4.78, 5) is 25.4. The van der Waals surface area contributed by atoms with Gasteiger partial charge in [-0.2, -0.15) is 0 Å². The van der Waals surface area contributed by atoms with Gasteiger partial charge in [-0.15, -0.1) is 0 Å². The van der Waals surface area contributed by atoms with E-state index in [1.165, 1.54) is 7.11 Å². The van der Waals surface area contributed by atoms with E-state index in [0.717, 1.165) is 12.8 Å². The van der Waals surface area contributed by atoms with Crippen molar-refractivity contribution in [2.75, 3.05) is 20.2 Å². The Kier molecular flexibility index (Phi) is 9.21. The van der Waals surface area contributed by atoms with Crippen LogP contribution in [0.4, 0.5) is 0 Å². The van der Waals surface area contributed by atoms with Gasteiger partial charge >= 0.3 is 5.97 Å². The number of rotatable bonds is 9. The molecule has 0 rings (SSSR count). The molecule has 0 aromatic rings. The lowest BCUT2D eigenvalue weighted by atomic mass is 10.0. The monoisotopic (exact) mass is 286 g/mol. The molecule has 0 aromatic heterocycles. The number of carbonyl (C=O) groups excluding carboxylic acids is 2. The number of methoxy groups -OCH3 is 1. The molecule has 5 heteroatoms. The second kappa shape index (κ2) is 9.75. The first-order valence-corrected chi connectivity index (χ1v) is 7.46. The Morgan fingerprint density at radius 3 is 2.15 bits per heavy atom. The lowest BCUT2D eigenvalue weighted by molar-refractivity contribution is -0.148. The second-order valence-electron chi connectivity index (χ2n) is 5.71. The van der Waals surface area contributed by atoms with Crippen molar-refractivity contribution in [1.82, 2.24) is 4.90 Å². The number of hydrogen-bond donors (Lipinski definition) is 1. The summed E-state index contributed by atoms with van der Waals surface area (Å²) in [7, 11) is 1.33. The van der Waals surface area contributed by atoms with Gasteiger partial charge in [-0.05, 0) is 18.3 Å². The van der Waals surface area contributed by atoms with Gasteiger partial charge in [0.1, 0.15) is 6.54 Å². The number of esters is 1. The van der Waals surface area contributed by atoms with E-state index in [4.69, 9.17) is 5.73 Å². The third kappa shape index (κ3) is 6.89. The van der Waals surface area contributed by atoms with Gasteiger partial charge in [0.15, 0.2) is 0 Å². The van der Waals surface area contributed by atoms with Crippen LogP contribution in [0.1, 0.15) is 47.0 Å². The molecule has 2 N–H and O–H groups in total. The molecule has 5 nitrogen and oxygen atoms in total. The molecule has 0 fully saturated rings. The zero-order valence-electron chi connectivity index (χ0n) is 13.5. The SMILES string of the molecule is CCC(CC)CN(CC(=O)OC)C(=O)[C@H](N)CC(C)C. The van der Waals surface area contributed by atoms with E-state index >= 15 is 0 Å². The Morgan fingerprint density at radius 2 is 1.75 bits per heavy atom. The minimum Gasteiger partial charge on any atom is -0.468 e. The molecule has 0 heterocycles. The summed E-state index contributed by atoms with van der Waals surface area (Å²) in [6, 6.07) is -0.547. The number of nitrogens with zero attached hydrogens (tertiary/aromatic N) is 1. The molecule has 1 amide bonds. The average molecular weight is 286 g/mol. The molecule has 0 saturated heterocycles. The Hall–Kier alpha value is -1.10. The van der Waals surface area contributed by atoms with Gasteiger partial charge < -0.3 is 15.4 Å². The molecule has 0 spiro atoms. The van der Waals surface area contributed by atoms with Crippen molar-refractivity contribution >= 4 is 11.9 Å². The van der Waals surface area contributed by atoms with Gasteiger partial charge in [0.05, 0.1) is 13.2 Å². The van der Waals surface area contributed by atoms with Crippen LogP contribution in [0.15, 0.2) is 0 Å². The van der Waals surface area contributed by atoms with Gasteiger partial charge in [-0.3, -0.25) is 9.59 Å². The fourth-order valence-electron chi connectivity index (χ4n) is 2.15. The summed E-state index contributed by atoms with van der Waals surface area (Å²) in [6.07, 6.45) is 2.57. The number of hydrogen-bond acceptors (Lipinski definition) is 4. The van der Waals surface area contributed by atoms with Gasteiger partial charge in [-0.1, -0.05) is 40.5 Å². The smallest absolute Gasteiger partial charge is 0.325 e. The molecule has 20 heavy (non-hydrogen) atoms. The molecule has 0 bridgehead atoms. The zero-order valence-corrected chi connectivity index (χ0v) is 13.5. The van der Waals surface area contributed by atoms with Crippen molar-refractivity contribution in [3.8, 4) is 0 Å². The molecule has 1 atom stereocenters. The lowest BCUT2D eigenvalue weighted by Gasteiger charge is -2.28. The van der Waals surface area contributed by atoms with Crippen LogP contribution in [0, 0.1) is 11.8 Å². The van der Waals surface area contributed by atoms with E-state index < -0.39 is 12.0 Å². The number of ether oxygens (including phenoxy) is 1. The third-order valence-corrected chi connectivity index (χ3v) is 3.54. The van der Waals surface area contributed by atoms with Crippen LogP contribution in [0.5, 0.6) is 0 Å². The van der Waals surface area contributed by atoms with Gasteiger partial charge in [-0.25, -0.2) is 0 Å². The van der Waals surface area contributed by atoms with Crippen molar-refractivity contribution in [1.29, 1.82) is 0 Å². The van der Waals surface area contributed by atoms with E-state index in [2.05, 4.69) is 18.6 Å². The van der Waals surface area contributed by atoms with Crippen LogP contribution in [0.25, 0.3) is 0 Å². The zero-order chi connectivity index (χ0) is 15.7. The fourth-order valence-corrected chi connectivity index (χ4v) is 2.15. The predicted molar refractivity (Wildman–Crippen MR) is 80.1 cm³/mol. The molecule has 0 aromatic carbocycles. The van der Waals surface area contributed by atoms with Crippen LogP contribution < -0.4 is 5.73 Å². The first kappa shape index (κ1) is 18.9. The highest BCUT2D eigenvalue weighted by atomic mass is 16.5. The lowest BCUT2D eigenvalue weighted by Crippen LogP contribution is -2.48. The highest BCUT2D eigenvalue weighted by Crippen LogP contribution is 2.13. The molecule has 0 aliphatic heterocycles. The summed E-state index contributed by atoms with van der Waals surface area (Å²) < 4.78 is 4.67. The molecule has 0 radical (unpaired) electrons. The third-order valence-electron chi connectivity index (χ3n) is 3.54. The topological polar surface area (TPSA) is 72.6 Å². The Morgan fingerprint density at radius 1 is 1.20 bits per heavy atom. The number of nitrogens with two attached hydrogens (primary N) is 1. The van der Waals surface area contributed by atoms with Gasteiger partial charge in [0.2, 0.25) is 5.91 Å². The molecular formula is C15H30N2O3. The van der Waals surface area contributed by atoms with Crippen molar-refractivity contribution in [3.63, 3.8) is 0 Å². The molecule has 118 valence electrons. The Balaban J connectivity index is 4.81. The Labute approximate surface area is 122 Å². The van der Waals surface area contributed by atoms with Crippen molar-refractivity contribution < 1.29 is 14.3 Å². The first-order chi connectivity index (χ1) is 9.35. The maximum absolute atomic E-state index is 12.4. The van der Waals surface area contributed by atoms with Crippen molar-refractivity contribution in [2.24, 2.45) is 17.6 Å². The average Bonchev–Trinajstić information content (AvgIpc) is 2.41. The summed E-state index contributed by atoms with van der Waals surface area (Å²) in [5, 5.41) is 0. The second-order valence-corrected chi connectivity index (χ2v) is 5.71. The van der Waals surface area contributed by atoms with Crippen LogP contribution in [-0.2, 0) is 14.3 Å². The van der Waals surface area contributed by atoms with Crippen LogP contribution in [0.2, 0.25) is 0 Å². The number of carbonyl (C=O) groups is 2.